The Balaban J connectivity index is 2.86. The van der Waals surface area contributed by atoms with Gasteiger partial charge in [0, 0.05) is 6.42 Å². The Morgan fingerprint density at radius 3 is 2.71 bits per heavy atom. The van der Waals surface area contributed by atoms with E-state index in [0.29, 0.717) is 19.4 Å². The van der Waals surface area contributed by atoms with Gasteiger partial charge in [0.15, 0.2) is 11.5 Å². The van der Waals surface area contributed by atoms with Crippen LogP contribution < -0.4 is 9.47 Å². The van der Waals surface area contributed by atoms with Gasteiger partial charge in [-0.05, 0) is 31.0 Å². The molecule has 0 radical (unpaired) electrons. The van der Waals surface area contributed by atoms with Crippen molar-refractivity contribution in [2.45, 2.75) is 26.4 Å². The van der Waals surface area contributed by atoms with Crippen LogP contribution in [-0.4, -0.2) is 19.5 Å². The smallest absolute Gasteiger partial charge is 0.387 e. The second-order valence-corrected chi connectivity index (χ2v) is 3.30. The number of hydrogen-bond donors (Lipinski definition) is 0. The number of carbonyl (C=O) groups excluding carboxylic acids is 1. The minimum Gasteiger partial charge on any atom is -0.490 e. The summed E-state index contributed by atoms with van der Waals surface area (Å²) >= 11 is 0. The van der Waals surface area contributed by atoms with E-state index < -0.39 is 6.61 Å². The maximum absolute atomic E-state index is 12.1. The highest BCUT2D eigenvalue weighted by atomic mass is 19.3. The molecule has 0 aromatic heterocycles. The molecule has 94 valence electrons. The summed E-state index contributed by atoms with van der Waals surface area (Å²) in [4.78, 5) is 10.2. The van der Waals surface area contributed by atoms with Gasteiger partial charge in [-0.1, -0.05) is 6.07 Å². The quantitative estimate of drug-likeness (QED) is 0.692. The summed E-state index contributed by atoms with van der Waals surface area (Å²) in [6.07, 6.45) is 1.75. The zero-order valence-corrected chi connectivity index (χ0v) is 9.49. The highest BCUT2D eigenvalue weighted by molar-refractivity contribution is 5.51. The Kier molecular flexibility index (Phi) is 5.39. The number of benzene rings is 1. The minimum absolute atomic E-state index is 0.0108. The van der Waals surface area contributed by atoms with Crippen LogP contribution in [-0.2, 0) is 11.2 Å². The van der Waals surface area contributed by atoms with E-state index in [0.717, 1.165) is 11.8 Å². The van der Waals surface area contributed by atoms with Gasteiger partial charge in [0.05, 0.1) is 6.61 Å². The fraction of sp³-hybridized carbons (Fsp3) is 0.417. The highest BCUT2D eigenvalue weighted by Crippen LogP contribution is 2.30. The van der Waals surface area contributed by atoms with Crippen molar-refractivity contribution < 1.29 is 23.0 Å². The topological polar surface area (TPSA) is 35.5 Å². The van der Waals surface area contributed by atoms with Crippen molar-refractivity contribution in [3.05, 3.63) is 23.8 Å². The van der Waals surface area contributed by atoms with Crippen LogP contribution in [0.3, 0.4) is 0 Å². The van der Waals surface area contributed by atoms with Crippen LogP contribution in [0.5, 0.6) is 11.5 Å². The third-order valence-corrected chi connectivity index (χ3v) is 2.07. The lowest BCUT2D eigenvalue weighted by molar-refractivity contribution is -0.107. The van der Waals surface area contributed by atoms with Crippen LogP contribution in [0.15, 0.2) is 18.2 Å². The highest BCUT2D eigenvalue weighted by Gasteiger charge is 2.11. The van der Waals surface area contributed by atoms with Crippen molar-refractivity contribution in [1.29, 1.82) is 0 Å². The molecule has 3 nitrogen and oxygen atoms in total. The Morgan fingerprint density at radius 2 is 2.12 bits per heavy atom. The summed E-state index contributed by atoms with van der Waals surface area (Å²) in [5.41, 5.74) is 0.849. The van der Waals surface area contributed by atoms with E-state index in [9.17, 15) is 13.6 Å². The second-order valence-electron chi connectivity index (χ2n) is 3.30. The molecular formula is C12H14F2O3. The second kappa shape index (κ2) is 6.83. The molecule has 0 aliphatic heterocycles. The van der Waals surface area contributed by atoms with Crippen LogP contribution in [0.1, 0.15) is 18.9 Å². The van der Waals surface area contributed by atoms with Gasteiger partial charge in [-0.15, -0.1) is 0 Å². The number of rotatable bonds is 7. The monoisotopic (exact) mass is 244 g/mol. The molecule has 0 aliphatic rings. The lowest BCUT2D eigenvalue weighted by Gasteiger charge is -2.12. The van der Waals surface area contributed by atoms with Gasteiger partial charge < -0.3 is 14.3 Å². The molecule has 0 saturated heterocycles. The normalized spacial score (nSPS) is 10.4. The molecule has 5 heteroatoms. The van der Waals surface area contributed by atoms with E-state index in [-0.39, 0.29) is 11.5 Å². The Bertz CT molecular complexity index is 367. The third kappa shape index (κ3) is 4.38. The molecule has 0 unspecified atom stereocenters. The standard InChI is InChI=1S/C12H14F2O3/c1-2-16-11-8-9(4-3-7-15)5-6-10(11)17-12(13)14/h5-8,12H,2-4H2,1H3. The van der Waals surface area contributed by atoms with Gasteiger partial charge in [0.2, 0.25) is 0 Å². The maximum Gasteiger partial charge on any atom is 0.387 e. The summed E-state index contributed by atoms with van der Waals surface area (Å²) in [6.45, 7) is -0.768. The predicted molar refractivity (Wildman–Crippen MR) is 58.6 cm³/mol. The lowest BCUT2D eigenvalue weighted by Crippen LogP contribution is -2.05. The van der Waals surface area contributed by atoms with Crippen molar-refractivity contribution in [3.8, 4) is 11.5 Å². The van der Waals surface area contributed by atoms with Gasteiger partial charge in [-0.3, -0.25) is 0 Å². The zero-order chi connectivity index (χ0) is 12.7. The van der Waals surface area contributed by atoms with Crippen molar-refractivity contribution in [1.82, 2.24) is 0 Å². The first-order valence-corrected chi connectivity index (χ1v) is 5.31. The average Bonchev–Trinajstić information content (AvgIpc) is 2.29. The van der Waals surface area contributed by atoms with Gasteiger partial charge in [0.1, 0.15) is 6.29 Å². The predicted octanol–water partition coefficient (Wildman–Crippen LogP) is 2.82. The Labute approximate surface area is 98.3 Å². The number of ether oxygens (including phenoxy) is 2. The van der Waals surface area contributed by atoms with E-state index in [4.69, 9.17) is 4.74 Å². The van der Waals surface area contributed by atoms with Crippen LogP contribution >= 0.6 is 0 Å². The zero-order valence-electron chi connectivity index (χ0n) is 9.49. The van der Waals surface area contributed by atoms with Gasteiger partial charge in [-0.2, -0.15) is 8.78 Å². The van der Waals surface area contributed by atoms with Crippen molar-refractivity contribution in [2.75, 3.05) is 6.61 Å². The first kappa shape index (κ1) is 13.4. The summed E-state index contributed by atoms with van der Waals surface area (Å²) in [6, 6.07) is 4.69. The molecule has 0 atom stereocenters. The van der Waals surface area contributed by atoms with E-state index in [1.807, 2.05) is 0 Å². The van der Waals surface area contributed by atoms with E-state index in [1.54, 1.807) is 19.1 Å². The van der Waals surface area contributed by atoms with E-state index in [2.05, 4.69) is 4.74 Å². The molecule has 0 aliphatic carbocycles. The van der Waals surface area contributed by atoms with Crippen LogP contribution in [0.4, 0.5) is 8.78 Å². The SMILES string of the molecule is CCOc1cc(CCC=O)ccc1OC(F)F. The fourth-order valence-corrected chi connectivity index (χ4v) is 1.40. The molecule has 1 aromatic rings. The molecule has 0 fully saturated rings. The molecule has 17 heavy (non-hydrogen) atoms. The van der Waals surface area contributed by atoms with Crippen molar-refractivity contribution in [3.63, 3.8) is 0 Å². The van der Waals surface area contributed by atoms with Gasteiger partial charge >= 0.3 is 6.61 Å². The number of halogens is 2. The van der Waals surface area contributed by atoms with Gasteiger partial charge in [0.25, 0.3) is 0 Å². The molecule has 0 amide bonds. The minimum atomic E-state index is -2.88. The van der Waals surface area contributed by atoms with E-state index >= 15 is 0 Å². The van der Waals surface area contributed by atoms with Crippen molar-refractivity contribution in [2.24, 2.45) is 0 Å². The third-order valence-electron chi connectivity index (χ3n) is 2.07. The largest absolute Gasteiger partial charge is 0.490 e. The van der Waals surface area contributed by atoms with Crippen molar-refractivity contribution >= 4 is 6.29 Å². The van der Waals surface area contributed by atoms with Crippen LogP contribution in [0.2, 0.25) is 0 Å². The maximum atomic E-state index is 12.1. The summed E-state index contributed by atoms with van der Waals surface area (Å²) in [7, 11) is 0. The number of aldehydes is 1. The van der Waals surface area contributed by atoms with Crippen LogP contribution in [0.25, 0.3) is 0 Å². The van der Waals surface area contributed by atoms with Gasteiger partial charge in [-0.25, -0.2) is 0 Å². The van der Waals surface area contributed by atoms with Crippen LogP contribution in [0, 0.1) is 0 Å². The lowest BCUT2D eigenvalue weighted by atomic mass is 10.1. The summed E-state index contributed by atoms with van der Waals surface area (Å²) in [5, 5.41) is 0. The summed E-state index contributed by atoms with van der Waals surface area (Å²) in [5.74, 6) is 0.285. The molecule has 0 saturated carbocycles. The average molecular weight is 244 g/mol. The number of hydrogen-bond acceptors (Lipinski definition) is 3. The molecule has 1 aromatic carbocycles. The Hall–Kier alpha value is -1.65. The first-order valence-electron chi connectivity index (χ1n) is 5.31. The first-order chi connectivity index (χ1) is 8.17. The molecular weight excluding hydrogens is 230 g/mol. The number of alkyl halides is 2. The fourth-order valence-electron chi connectivity index (χ4n) is 1.40. The molecule has 0 bridgehead atoms. The Morgan fingerprint density at radius 1 is 1.35 bits per heavy atom. The molecule has 1 rings (SSSR count). The molecule has 0 N–H and O–H groups in total. The van der Waals surface area contributed by atoms with E-state index in [1.165, 1.54) is 6.07 Å². The number of aryl methyl sites for hydroxylation is 1. The number of carbonyl (C=O) groups is 1. The molecule has 0 spiro atoms. The molecule has 0 heterocycles. The summed E-state index contributed by atoms with van der Waals surface area (Å²) < 4.78 is 33.8.